The Morgan fingerprint density at radius 3 is 2.95 bits per heavy atom. The average molecular weight is 318 g/mol. The van der Waals surface area contributed by atoms with Crippen LogP contribution in [0.15, 0.2) is 18.2 Å². The van der Waals surface area contributed by atoms with Crippen molar-refractivity contribution in [1.82, 2.24) is 5.32 Å². The maximum Gasteiger partial charge on any atom is 0.0587 e. The lowest BCUT2D eigenvalue weighted by Gasteiger charge is -2.28. The maximum atomic E-state index is 6.28. The van der Waals surface area contributed by atoms with Crippen LogP contribution in [0.1, 0.15) is 12.0 Å². The van der Waals surface area contributed by atoms with E-state index in [1.54, 1.807) is 7.11 Å². The highest BCUT2D eigenvalue weighted by Gasteiger charge is 2.35. The average Bonchev–Trinajstić information content (AvgIpc) is 2.88. The van der Waals surface area contributed by atoms with Crippen LogP contribution in [0, 0.1) is 5.41 Å². The quantitative estimate of drug-likeness (QED) is 0.783. The lowest BCUT2D eigenvalue weighted by atomic mass is 9.81. The third-order valence-corrected chi connectivity index (χ3v) is 4.34. The van der Waals surface area contributed by atoms with Gasteiger partial charge in [-0.15, -0.1) is 0 Å². The molecule has 0 bridgehead atoms. The maximum absolute atomic E-state index is 6.28. The molecule has 0 amide bonds. The van der Waals surface area contributed by atoms with E-state index in [1.165, 1.54) is 0 Å². The monoisotopic (exact) mass is 317 g/mol. The van der Waals surface area contributed by atoms with Crippen LogP contribution in [0.5, 0.6) is 0 Å². The normalized spacial score (nSPS) is 22.4. The standard InChI is InChI=1S/C15H21Cl2NO2/c1-19-7-5-18-10-15(4-6-20-11-15)9-12-8-13(16)2-3-14(12)17/h2-3,8,18H,4-7,9-11H2,1H3. The number of hydrogen-bond donors (Lipinski definition) is 1. The molecule has 1 unspecified atom stereocenters. The fourth-order valence-corrected chi connectivity index (χ4v) is 2.98. The van der Waals surface area contributed by atoms with E-state index in [1.807, 2.05) is 18.2 Å². The lowest BCUT2D eigenvalue weighted by molar-refractivity contribution is 0.145. The van der Waals surface area contributed by atoms with Crippen LogP contribution in [0.2, 0.25) is 10.0 Å². The van der Waals surface area contributed by atoms with Crippen molar-refractivity contribution in [2.24, 2.45) is 5.41 Å². The Labute approximate surface area is 130 Å². The van der Waals surface area contributed by atoms with Gasteiger partial charge in [0.1, 0.15) is 0 Å². The molecule has 1 aromatic carbocycles. The molecule has 20 heavy (non-hydrogen) atoms. The summed E-state index contributed by atoms with van der Waals surface area (Å²) in [6, 6.07) is 5.64. The van der Waals surface area contributed by atoms with E-state index < -0.39 is 0 Å². The number of hydrogen-bond acceptors (Lipinski definition) is 3. The van der Waals surface area contributed by atoms with Crippen LogP contribution >= 0.6 is 23.2 Å². The highest BCUT2D eigenvalue weighted by atomic mass is 35.5. The Morgan fingerprint density at radius 2 is 2.25 bits per heavy atom. The minimum Gasteiger partial charge on any atom is -0.383 e. The second-order valence-electron chi connectivity index (χ2n) is 5.38. The van der Waals surface area contributed by atoms with Crippen molar-refractivity contribution in [1.29, 1.82) is 0 Å². The zero-order valence-electron chi connectivity index (χ0n) is 11.8. The van der Waals surface area contributed by atoms with Crippen molar-refractivity contribution in [2.45, 2.75) is 12.8 Å². The summed E-state index contributed by atoms with van der Waals surface area (Å²) in [4.78, 5) is 0. The molecule has 1 aliphatic heterocycles. The summed E-state index contributed by atoms with van der Waals surface area (Å²) < 4.78 is 10.7. The SMILES string of the molecule is COCCNCC1(Cc2cc(Cl)ccc2Cl)CCOC1. The Bertz CT molecular complexity index is 434. The number of nitrogens with one attached hydrogen (secondary N) is 1. The molecule has 2 rings (SSSR count). The molecule has 1 atom stereocenters. The summed E-state index contributed by atoms with van der Waals surface area (Å²) in [5.41, 5.74) is 1.19. The third-order valence-electron chi connectivity index (χ3n) is 3.74. The number of halogens is 2. The first-order chi connectivity index (χ1) is 9.65. The van der Waals surface area contributed by atoms with Gasteiger partial charge in [0.05, 0.1) is 13.2 Å². The van der Waals surface area contributed by atoms with Gasteiger partial charge < -0.3 is 14.8 Å². The molecule has 5 heteroatoms. The second kappa shape index (κ2) is 7.62. The molecule has 1 N–H and O–H groups in total. The van der Waals surface area contributed by atoms with Gasteiger partial charge in [0.15, 0.2) is 0 Å². The Kier molecular flexibility index (Phi) is 6.12. The van der Waals surface area contributed by atoms with Gasteiger partial charge in [0, 0.05) is 42.3 Å². The van der Waals surface area contributed by atoms with Crippen molar-refractivity contribution in [3.8, 4) is 0 Å². The minimum atomic E-state index is 0.0993. The van der Waals surface area contributed by atoms with Crippen molar-refractivity contribution in [3.05, 3.63) is 33.8 Å². The largest absolute Gasteiger partial charge is 0.383 e. The van der Waals surface area contributed by atoms with Gasteiger partial charge in [-0.05, 0) is 36.6 Å². The predicted octanol–water partition coefficient (Wildman–Crippen LogP) is 3.18. The smallest absolute Gasteiger partial charge is 0.0587 e. The molecule has 0 radical (unpaired) electrons. The van der Waals surface area contributed by atoms with E-state index in [2.05, 4.69) is 5.32 Å². The van der Waals surface area contributed by atoms with E-state index in [0.717, 1.165) is 61.4 Å². The number of methoxy groups -OCH3 is 1. The van der Waals surface area contributed by atoms with Crippen molar-refractivity contribution in [2.75, 3.05) is 40.0 Å². The first kappa shape index (κ1) is 16.1. The van der Waals surface area contributed by atoms with Crippen LogP contribution in [0.4, 0.5) is 0 Å². The third kappa shape index (κ3) is 4.34. The zero-order chi connectivity index (χ0) is 14.4. The molecule has 112 valence electrons. The van der Waals surface area contributed by atoms with Gasteiger partial charge in [-0.1, -0.05) is 23.2 Å². The highest BCUT2D eigenvalue weighted by molar-refractivity contribution is 6.33. The second-order valence-corrected chi connectivity index (χ2v) is 6.23. The van der Waals surface area contributed by atoms with Gasteiger partial charge in [-0.25, -0.2) is 0 Å². The van der Waals surface area contributed by atoms with Crippen LogP contribution in [-0.4, -0.2) is 40.0 Å². The summed E-state index contributed by atoms with van der Waals surface area (Å²) in [7, 11) is 1.71. The minimum absolute atomic E-state index is 0.0993. The fourth-order valence-electron chi connectivity index (χ4n) is 2.60. The Hall–Kier alpha value is -0.320. The predicted molar refractivity (Wildman–Crippen MR) is 82.8 cm³/mol. The topological polar surface area (TPSA) is 30.5 Å². The van der Waals surface area contributed by atoms with Crippen LogP contribution in [0.3, 0.4) is 0 Å². The zero-order valence-corrected chi connectivity index (χ0v) is 13.3. The van der Waals surface area contributed by atoms with Gasteiger partial charge in [0.25, 0.3) is 0 Å². The van der Waals surface area contributed by atoms with Crippen LogP contribution < -0.4 is 5.32 Å². The van der Waals surface area contributed by atoms with Crippen LogP contribution in [-0.2, 0) is 15.9 Å². The fraction of sp³-hybridized carbons (Fsp3) is 0.600. The Balaban J connectivity index is 2.02. The molecule has 0 spiro atoms. The van der Waals surface area contributed by atoms with Crippen molar-refractivity contribution >= 4 is 23.2 Å². The molecule has 1 heterocycles. The summed E-state index contributed by atoms with van der Waals surface area (Å²) in [6.07, 6.45) is 1.92. The summed E-state index contributed by atoms with van der Waals surface area (Å²) in [5, 5.41) is 4.95. The Morgan fingerprint density at radius 1 is 1.40 bits per heavy atom. The molecule has 1 aliphatic rings. The molecule has 1 saturated heterocycles. The summed E-state index contributed by atoms with van der Waals surface area (Å²) in [6.45, 7) is 4.04. The van der Waals surface area contributed by atoms with Gasteiger partial charge in [-0.2, -0.15) is 0 Å². The first-order valence-corrected chi connectivity index (χ1v) is 7.62. The van der Waals surface area contributed by atoms with E-state index in [9.17, 15) is 0 Å². The molecular weight excluding hydrogens is 297 g/mol. The van der Waals surface area contributed by atoms with E-state index in [-0.39, 0.29) is 5.41 Å². The van der Waals surface area contributed by atoms with Gasteiger partial charge in [0.2, 0.25) is 0 Å². The number of benzene rings is 1. The first-order valence-electron chi connectivity index (χ1n) is 6.87. The molecule has 0 saturated carbocycles. The number of rotatable bonds is 7. The molecule has 0 aliphatic carbocycles. The molecule has 0 aromatic heterocycles. The van der Waals surface area contributed by atoms with Crippen LogP contribution in [0.25, 0.3) is 0 Å². The molecule has 1 aromatic rings. The molecule has 1 fully saturated rings. The van der Waals surface area contributed by atoms with Crippen molar-refractivity contribution < 1.29 is 9.47 Å². The summed E-state index contributed by atoms with van der Waals surface area (Å²) >= 11 is 12.4. The number of ether oxygens (including phenoxy) is 2. The van der Waals surface area contributed by atoms with E-state index in [0.29, 0.717) is 0 Å². The molecule has 3 nitrogen and oxygen atoms in total. The van der Waals surface area contributed by atoms with E-state index in [4.69, 9.17) is 32.7 Å². The lowest BCUT2D eigenvalue weighted by Crippen LogP contribution is -2.38. The molecular formula is C15H21Cl2NO2. The van der Waals surface area contributed by atoms with Gasteiger partial charge in [-0.3, -0.25) is 0 Å². The van der Waals surface area contributed by atoms with Gasteiger partial charge >= 0.3 is 0 Å². The van der Waals surface area contributed by atoms with E-state index >= 15 is 0 Å². The highest BCUT2D eigenvalue weighted by Crippen LogP contribution is 2.35. The summed E-state index contributed by atoms with van der Waals surface area (Å²) in [5.74, 6) is 0. The van der Waals surface area contributed by atoms with Crippen molar-refractivity contribution in [3.63, 3.8) is 0 Å².